The second-order valence-corrected chi connectivity index (χ2v) is 6.01. The molecule has 0 radical (unpaired) electrons. The van der Waals surface area contributed by atoms with Crippen LogP contribution in [0.1, 0.15) is 44.2 Å². The molecule has 1 atom stereocenters. The summed E-state index contributed by atoms with van der Waals surface area (Å²) in [7, 11) is 0. The molecular formula is C20H25NO2. The van der Waals surface area contributed by atoms with Gasteiger partial charge >= 0.3 is 0 Å². The minimum atomic E-state index is -0.503. The van der Waals surface area contributed by atoms with Gasteiger partial charge in [0, 0.05) is 5.69 Å². The summed E-state index contributed by atoms with van der Waals surface area (Å²) in [6.07, 6.45) is 0.112. The molecule has 1 amide bonds. The van der Waals surface area contributed by atoms with Crippen LogP contribution in [0, 0.1) is 6.92 Å². The Morgan fingerprint density at radius 2 is 1.74 bits per heavy atom. The van der Waals surface area contributed by atoms with Gasteiger partial charge in [0.25, 0.3) is 5.91 Å². The number of hydrogen-bond acceptors (Lipinski definition) is 2. The van der Waals surface area contributed by atoms with Crippen LogP contribution in [-0.2, 0) is 4.79 Å². The molecule has 2 aromatic carbocycles. The van der Waals surface area contributed by atoms with Gasteiger partial charge in [-0.15, -0.1) is 0 Å². The lowest BCUT2D eigenvalue weighted by Gasteiger charge is -2.20. The first-order valence-corrected chi connectivity index (χ1v) is 8.15. The summed E-state index contributed by atoms with van der Waals surface area (Å²) in [5.74, 6) is 0.999. The zero-order chi connectivity index (χ0) is 16.8. The number of anilines is 1. The summed E-state index contributed by atoms with van der Waals surface area (Å²) in [6, 6.07) is 15.7. The van der Waals surface area contributed by atoms with E-state index in [4.69, 9.17) is 4.74 Å². The van der Waals surface area contributed by atoms with Crippen molar-refractivity contribution >= 4 is 11.6 Å². The second kappa shape index (κ2) is 7.82. The number of hydrogen-bond donors (Lipinski definition) is 1. The predicted molar refractivity (Wildman–Crippen MR) is 95.0 cm³/mol. The Balaban J connectivity index is 2.14. The molecule has 0 spiro atoms. The minimum Gasteiger partial charge on any atom is -0.480 e. The van der Waals surface area contributed by atoms with E-state index in [0.29, 0.717) is 12.3 Å². The molecule has 0 heterocycles. The molecule has 0 bridgehead atoms. The monoisotopic (exact) mass is 311 g/mol. The lowest BCUT2D eigenvalue weighted by Crippen LogP contribution is -2.32. The molecule has 2 aromatic rings. The highest BCUT2D eigenvalue weighted by Crippen LogP contribution is 2.25. The highest BCUT2D eigenvalue weighted by molar-refractivity contribution is 5.95. The number of carbonyl (C=O) groups excluding carboxylic acids is 1. The maximum absolute atomic E-state index is 12.6. The number of amides is 1. The molecule has 0 aliphatic rings. The third kappa shape index (κ3) is 4.35. The fraction of sp³-hybridized carbons (Fsp3) is 0.350. The first kappa shape index (κ1) is 17.1. The third-order valence-electron chi connectivity index (χ3n) is 3.87. The zero-order valence-electron chi connectivity index (χ0n) is 14.3. The van der Waals surface area contributed by atoms with E-state index < -0.39 is 6.10 Å². The Morgan fingerprint density at radius 3 is 2.39 bits per heavy atom. The van der Waals surface area contributed by atoms with Gasteiger partial charge in [-0.3, -0.25) is 4.79 Å². The van der Waals surface area contributed by atoms with Crippen molar-refractivity contribution in [2.45, 2.75) is 46.1 Å². The molecule has 0 fully saturated rings. The number of carbonyl (C=O) groups is 1. The normalized spacial score (nSPS) is 12.0. The van der Waals surface area contributed by atoms with Gasteiger partial charge in [0.1, 0.15) is 5.75 Å². The van der Waals surface area contributed by atoms with Gasteiger partial charge < -0.3 is 10.1 Å². The van der Waals surface area contributed by atoms with Crippen molar-refractivity contribution < 1.29 is 9.53 Å². The summed E-state index contributed by atoms with van der Waals surface area (Å²) in [5, 5.41) is 3.02. The van der Waals surface area contributed by atoms with E-state index in [-0.39, 0.29) is 5.91 Å². The van der Waals surface area contributed by atoms with Crippen molar-refractivity contribution in [2.75, 3.05) is 5.32 Å². The van der Waals surface area contributed by atoms with E-state index >= 15 is 0 Å². The van der Waals surface area contributed by atoms with Gasteiger partial charge in [0.15, 0.2) is 6.10 Å². The number of nitrogens with one attached hydrogen (secondary N) is 1. The molecule has 3 heteroatoms. The fourth-order valence-corrected chi connectivity index (χ4v) is 2.49. The van der Waals surface area contributed by atoms with Gasteiger partial charge in [-0.1, -0.05) is 57.2 Å². The maximum Gasteiger partial charge on any atom is 0.265 e. The van der Waals surface area contributed by atoms with E-state index in [1.807, 2.05) is 62.4 Å². The molecule has 0 aliphatic carbocycles. The summed E-state index contributed by atoms with van der Waals surface area (Å²) < 4.78 is 5.92. The van der Waals surface area contributed by atoms with Crippen LogP contribution in [0.4, 0.5) is 5.69 Å². The van der Waals surface area contributed by atoms with Gasteiger partial charge in [-0.2, -0.15) is 0 Å². The topological polar surface area (TPSA) is 38.3 Å². The van der Waals surface area contributed by atoms with Gasteiger partial charge in [0.05, 0.1) is 0 Å². The lowest BCUT2D eigenvalue weighted by atomic mass is 10.0. The number of ether oxygens (including phenoxy) is 1. The second-order valence-electron chi connectivity index (χ2n) is 6.01. The average molecular weight is 311 g/mol. The Hall–Kier alpha value is -2.29. The number of para-hydroxylation sites is 2. The van der Waals surface area contributed by atoms with E-state index in [1.165, 1.54) is 0 Å². The van der Waals surface area contributed by atoms with Crippen molar-refractivity contribution in [3.8, 4) is 5.75 Å². The number of benzene rings is 2. The van der Waals surface area contributed by atoms with Gasteiger partial charge in [-0.25, -0.2) is 0 Å². The smallest absolute Gasteiger partial charge is 0.265 e. The Labute approximate surface area is 138 Å². The molecule has 0 aliphatic heterocycles. The maximum atomic E-state index is 12.6. The Morgan fingerprint density at radius 1 is 1.09 bits per heavy atom. The van der Waals surface area contributed by atoms with Gasteiger partial charge in [-0.05, 0) is 42.5 Å². The zero-order valence-corrected chi connectivity index (χ0v) is 14.3. The summed E-state index contributed by atoms with van der Waals surface area (Å²) >= 11 is 0. The standard InChI is InChI=1S/C20H25NO2/c1-5-18(23-19-13-9-6-10-15(19)4)20(22)21-17-12-8-7-11-16(17)14(2)3/h6-14,18H,5H2,1-4H3,(H,21,22). The van der Waals surface area contributed by atoms with Gasteiger partial charge in [0.2, 0.25) is 0 Å². The average Bonchev–Trinajstić information content (AvgIpc) is 2.54. The van der Waals surface area contributed by atoms with Crippen LogP contribution in [0.3, 0.4) is 0 Å². The van der Waals surface area contributed by atoms with E-state index in [9.17, 15) is 4.79 Å². The van der Waals surface area contributed by atoms with E-state index in [2.05, 4.69) is 19.2 Å². The van der Waals surface area contributed by atoms with Crippen molar-refractivity contribution in [1.29, 1.82) is 0 Å². The summed E-state index contributed by atoms with van der Waals surface area (Å²) in [6.45, 7) is 8.17. The van der Waals surface area contributed by atoms with Crippen molar-refractivity contribution in [1.82, 2.24) is 0 Å². The van der Waals surface area contributed by atoms with Crippen LogP contribution in [0.15, 0.2) is 48.5 Å². The summed E-state index contributed by atoms with van der Waals surface area (Å²) in [4.78, 5) is 12.6. The minimum absolute atomic E-state index is 0.108. The fourth-order valence-electron chi connectivity index (χ4n) is 2.49. The molecule has 122 valence electrons. The first-order chi connectivity index (χ1) is 11.0. The Bertz CT molecular complexity index is 664. The quantitative estimate of drug-likeness (QED) is 0.822. The SMILES string of the molecule is CCC(Oc1ccccc1C)C(=O)Nc1ccccc1C(C)C. The Kier molecular flexibility index (Phi) is 5.80. The first-order valence-electron chi connectivity index (χ1n) is 8.15. The van der Waals surface area contributed by atoms with Crippen LogP contribution in [0.5, 0.6) is 5.75 Å². The largest absolute Gasteiger partial charge is 0.480 e. The van der Waals surface area contributed by atoms with Crippen LogP contribution >= 0.6 is 0 Å². The number of rotatable bonds is 6. The molecule has 2 rings (SSSR count). The van der Waals surface area contributed by atoms with E-state index in [1.54, 1.807) is 0 Å². The van der Waals surface area contributed by atoms with Crippen LogP contribution < -0.4 is 10.1 Å². The molecule has 23 heavy (non-hydrogen) atoms. The lowest BCUT2D eigenvalue weighted by molar-refractivity contribution is -0.122. The van der Waals surface area contributed by atoms with Crippen molar-refractivity contribution in [3.63, 3.8) is 0 Å². The van der Waals surface area contributed by atoms with Crippen molar-refractivity contribution in [2.24, 2.45) is 0 Å². The van der Waals surface area contributed by atoms with E-state index in [0.717, 1.165) is 22.6 Å². The highest BCUT2D eigenvalue weighted by Gasteiger charge is 2.20. The molecule has 0 saturated heterocycles. The molecule has 1 unspecified atom stereocenters. The molecule has 1 N–H and O–H groups in total. The summed E-state index contributed by atoms with van der Waals surface area (Å²) in [5.41, 5.74) is 3.02. The highest BCUT2D eigenvalue weighted by atomic mass is 16.5. The predicted octanol–water partition coefficient (Wildman–Crippen LogP) is 4.91. The molecular weight excluding hydrogens is 286 g/mol. The van der Waals surface area contributed by atoms with Crippen molar-refractivity contribution in [3.05, 3.63) is 59.7 Å². The van der Waals surface area contributed by atoms with Crippen LogP contribution in [0.2, 0.25) is 0 Å². The number of aryl methyl sites for hydroxylation is 1. The molecule has 0 aromatic heterocycles. The third-order valence-corrected chi connectivity index (χ3v) is 3.87. The van der Waals surface area contributed by atoms with Crippen LogP contribution in [0.25, 0.3) is 0 Å². The van der Waals surface area contributed by atoms with Crippen LogP contribution in [-0.4, -0.2) is 12.0 Å². The molecule has 3 nitrogen and oxygen atoms in total. The molecule has 0 saturated carbocycles.